The van der Waals surface area contributed by atoms with Gasteiger partial charge in [0.05, 0.1) is 0 Å². The van der Waals surface area contributed by atoms with Gasteiger partial charge < -0.3 is 15.1 Å². The molecule has 1 aromatic carbocycles. The summed E-state index contributed by atoms with van der Waals surface area (Å²) in [6, 6.07) is 10.3. The van der Waals surface area contributed by atoms with Crippen molar-refractivity contribution in [2.45, 2.75) is 38.8 Å². The summed E-state index contributed by atoms with van der Waals surface area (Å²) in [5.74, 6) is 0.840. The molecule has 4 heteroatoms. The number of hydrogen-bond donors (Lipinski definition) is 1. The van der Waals surface area contributed by atoms with Crippen molar-refractivity contribution >= 4 is 5.69 Å². The van der Waals surface area contributed by atoms with Crippen LogP contribution in [0.1, 0.15) is 38.3 Å². The van der Waals surface area contributed by atoms with Crippen molar-refractivity contribution in [1.29, 1.82) is 0 Å². The number of nitrogens with zero attached hydrogens (tertiary/aromatic N) is 3. The Morgan fingerprint density at radius 2 is 1.88 bits per heavy atom. The molecule has 25 heavy (non-hydrogen) atoms. The minimum Gasteiger partial charge on any atom is -0.378 e. The molecule has 0 aromatic heterocycles. The third-order valence-corrected chi connectivity index (χ3v) is 5.81. The molecule has 0 spiro atoms. The zero-order chi connectivity index (χ0) is 17.8. The lowest BCUT2D eigenvalue weighted by atomic mass is 9.97. The Morgan fingerprint density at radius 1 is 1.12 bits per heavy atom. The predicted octanol–water partition coefficient (Wildman–Crippen LogP) is 2.82. The Labute approximate surface area is 154 Å². The Hall–Kier alpha value is -1.10. The Kier molecular flexibility index (Phi) is 6.37. The van der Waals surface area contributed by atoms with Gasteiger partial charge in [0.25, 0.3) is 0 Å². The van der Waals surface area contributed by atoms with Crippen molar-refractivity contribution in [3.05, 3.63) is 29.8 Å². The molecule has 0 saturated carbocycles. The molecular weight excluding hydrogens is 308 g/mol. The number of nitrogens with one attached hydrogen (secondary N) is 1. The van der Waals surface area contributed by atoms with E-state index in [1.54, 1.807) is 0 Å². The first-order valence-corrected chi connectivity index (χ1v) is 10.00. The van der Waals surface area contributed by atoms with Crippen molar-refractivity contribution in [3.63, 3.8) is 0 Å². The molecule has 0 amide bonds. The number of anilines is 1. The molecule has 2 heterocycles. The van der Waals surface area contributed by atoms with Gasteiger partial charge in [0.15, 0.2) is 0 Å². The fourth-order valence-electron chi connectivity index (χ4n) is 4.37. The molecule has 0 radical (unpaired) electrons. The smallest absolute Gasteiger partial charge is 0.0476 e. The van der Waals surface area contributed by atoms with Crippen molar-refractivity contribution in [2.75, 3.05) is 58.3 Å². The van der Waals surface area contributed by atoms with Crippen molar-refractivity contribution in [1.82, 2.24) is 15.1 Å². The molecule has 2 fully saturated rings. The highest BCUT2D eigenvalue weighted by Crippen LogP contribution is 2.27. The first-order valence-electron chi connectivity index (χ1n) is 10.00. The fourth-order valence-corrected chi connectivity index (χ4v) is 4.37. The SMILES string of the molecule is CC1CCCN(CC(c2ccc(N(C)C)cc2)N2CCNC(C)C2)C1. The fraction of sp³-hybridized carbons (Fsp3) is 0.714. The molecule has 2 aliphatic rings. The summed E-state index contributed by atoms with van der Waals surface area (Å²) in [6.07, 6.45) is 2.74. The van der Waals surface area contributed by atoms with Gasteiger partial charge in [0.1, 0.15) is 0 Å². The quantitative estimate of drug-likeness (QED) is 0.886. The first kappa shape index (κ1) is 18.7. The highest BCUT2D eigenvalue weighted by molar-refractivity contribution is 5.46. The summed E-state index contributed by atoms with van der Waals surface area (Å²) in [7, 11) is 4.22. The van der Waals surface area contributed by atoms with E-state index in [-0.39, 0.29) is 0 Å². The van der Waals surface area contributed by atoms with Crippen molar-refractivity contribution in [2.24, 2.45) is 5.92 Å². The van der Waals surface area contributed by atoms with Crippen LogP contribution in [0.3, 0.4) is 0 Å². The van der Waals surface area contributed by atoms with Crippen LogP contribution in [0.5, 0.6) is 0 Å². The standard InChI is InChI=1S/C21H36N4/c1-17-6-5-12-24(14-17)16-21(25-13-11-22-18(2)15-25)19-7-9-20(10-8-19)23(3)4/h7-10,17-18,21-22H,5-6,11-16H2,1-4H3. The molecule has 0 bridgehead atoms. The van der Waals surface area contributed by atoms with Gasteiger partial charge in [0.2, 0.25) is 0 Å². The van der Waals surface area contributed by atoms with E-state index in [2.05, 4.69) is 72.2 Å². The van der Waals surface area contributed by atoms with Crippen LogP contribution in [-0.4, -0.2) is 69.2 Å². The molecule has 1 aromatic rings. The number of benzene rings is 1. The molecule has 2 saturated heterocycles. The maximum Gasteiger partial charge on any atom is 0.0476 e. The second-order valence-corrected chi connectivity index (χ2v) is 8.36. The Bertz CT molecular complexity index is 527. The van der Waals surface area contributed by atoms with E-state index < -0.39 is 0 Å². The molecule has 0 aliphatic carbocycles. The Balaban J connectivity index is 1.77. The monoisotopic (exact) mass is 344 g/mol. The van der Waals surface area contributed by atoms with Gasteiger partial charge in [-0.1, -0.05) is 19.1 Å². The van der Waals surface area contributed by atoms with Crippen LogP contribution in [0.15, 0.2) is 24.3 Å². The van der Waals surface area contributed by atoms with Crippen LogP contribution in [-0.2, 0) is 0 Å². The molecule has 3 unspecified atom stereocenters. The third kappa shape index (κ3) is 4.96. The normalized spacial score (nSPS) is 27.2. The van der Waals surface area contributed by atoms with Gasteiger partial charge >= 0.3 is 0 Å². The van der Waals surface area contributed by atoms with Crippen LogP contribution in [0.2, 0.25) is 0 Å². The summed E-state index contributed by atoms with van der Waals surface area (Å²) in [4.78, 5) is 7.58. The summed E-state index contributed by atoms with van der Waals surface area (Å²) in [6.45, 7) is 11.8. The summed E-state index contributed by atoms with van der Waals surface area (Å²) >= 11 is 0. The van der Waals surface area contributed by atoms with Crippen LogP contribution in [0.25, 0.3) is 0 Å². The second kappa shape index (κ2) is 8.52. The van der Waals surface area contributed by atoms with Gasteiger partial charge in [-0.3, -0.25) is 4.90 Å². The van der Waals surface area contributed by atoms with Gasteiger partial charge in [-0.25, -0.2) is 0 Å². The van der Waals surface area contributed by atoms with Gasteiger partial charge in [-0.2, -0.15) is 0 Å². The maximum atomic E-state index is 3.59. The lowest BCUT2D eigenvalue weighted by molar-refractivity contribution is 0.0895. The van der Waals surface area contributed by atoms with Crippen LogP contribution < -0.4 is 10.2 Å². The average Bonchev–Trinajstić information content (AvgIpc) is 2.60. The van der Waals surface area contributed by atoms with Gasteiger partial charge in [-0.05, 0) is 49.9 Å². The van der Waals surface area contributed by atoms with Crippen molar-refractivity contribution < 1.29 is 0 Å². The van der Waals surface area contributed by atoms with Crippen LogP contribution >= 0.6 is 0 Å². The van der Waals surface area contributed by atoms with E-state index in [4.69, 9.17) is 0 Å². The summed E-state index contributed by atoms with van der Waals surface area (Å²) < 4.78 is 0. The van der Waals surface area contributed by atoms with Gasteiger partial charge in [0, 0.05) is 64.6 Å². The minimum absolute atomic E-state index is 0.506. The van der Waals surface area contributed by atoms with E-state index in [1.165, 1.54) is 43.7 Å². The number of likely N-dealkylation sites (tertiary alicyclic amines) is 1. The van der Waals surface area contributed by atoms with E-state index in [1.807, 2.05) is 0 Å². The topological polar surface area (TPSA) is 21.8 Å². The highest BCUT2D eigenvalue weighted by atomic mass is 15.3. The minimum atomic E-state index is 0.506. The van der Waals surface area contributed by atoms with E-state index in [0.717, 1.165) is 25.6 Å². The zero-order valence-corrected chi connectivity index (χ0v) is 16.5. The first-order chi connectivity index (χ1) is 12.0. The van der Waals surface area contributed by atoms with E-state index in [0.29, 0.717) is 12.1 Å². The van der Waals surface area contributed by atoms with Gasteiger partial charge in [-0.15, -0.1) is 0 Å². The number of rotatable bonds is 5. The maximum absolute atomic E-state index is 3.59. The molecule has 4 nitrogen and oxygen atoms in total. The molecule has 140 valence electrons. The van der Waals surface area contributed by atoms with Crippen LogP contribution in [0, 0.1) is 5.92 Å². The second-order valence-electron chi connectivity index (χ2n) is 8.36. The lowest BCUT2D eigenvalue weighted by Crippen LogP contribution is -2.52. The molecular formula is C21H36N4. The third-order valence-electron chi connectivity index (χ3n) is 5.81. The van der Waals surface area contributed by atoms with Crippen LogP contribution in [0.4, 0.5) is 5.69 Å². The molecule has 2 aliphatic heterocycles. The zero-order valence-electron chi connectivity index (χ0n) is 16.5. The molecule has 1 N–H and O–H groups in total. The highest BCUT2D eigenvalue weighted by Gasteiger charge is 2.28. The summed E-state index contributed by atoms with van der Waals surface area (Å²) in [5.41, 5.74) is 2.75. The largest absolute Gasteiger partial charge is 0.378 e. The van der Waals surface area contributed by atoms with E-state index >= 15 is 0 Å². The lowest BCUT2D eigenvalue weighted by Gasteiger charge is -2.42. The number of piperidine rings is 1. The molecule has 3 rings (SSSR count). The van der Waals surface area contributed by atoms with E-state index in [9.17, 15) is 0 Å². The number of hydrogen-bond acceptors (Lipinski definition) is 4. The average molecular weight is 345 g/mol. The number of piperazine rings is 1. The molecule has 3 atom stereocenters. The van der Waals surface area contributed by atoms with Crippen molar-refractivity contribution in [3.8, 4) is 0 Å². The Morgan fingerprint density at radius 3 is 2.52 bits per heavy atom. The predicted molar refractivity (Wildman–Crippen MR) is 107 cm³/mol. The summed E-state index contributed by atoms with van der Waals surface area (Å²) in [5, 5.41) is 3.59.